The van der Waals surface area contributed by atoms with E-state index in [0.29, 0.717) is 17.7 Å². The molecule has 0 fully saturated rings. The van der Waals surface area contributed by atoms with Gasteiger partial charge in [0.15, 0.2) is 5.13 Å². The van der Waals surface area contributed by atoms with Crippen molar-refractivity contribution in [2.75, 3.05) is 5.32 Å². The monoisotopic (exact) mass is 417 g/mol. The zero-order valence-electron chi connectivity index (χ0n) is 17.2. The number of carbonyl (C=O) groups excluding carboxylic acids is 1. The van der Waals surface area contributed by atoms with Gasteiger partial charge in [0.1, 0.15) is 6.61 Å². The predicted molar refractivity (Wildman–Crippen MR) is 122 cm³/mol. The van der Waals surface area contributed by atoms with Crippen molar-refractivity contribution in [2.24, 2.45) is 0 Å². The number of hydrogen-bond acceptors (Lipinski definition) is 6. The minimum Gasteiger partial charge on any atom is -0.455 e. The number of fused-ring (bicyclic) bond motifs is 1. The van der Waals surface area contributed by atoms with Gasteiger partial charge in [-0.3, -0.25) is 4.98 Å². The maximum atomic E-state index is 12.9. The Hall–Kier alpha value is -3.25. The normalized spacial score (nSPS) is 10.9. The first kappa shape index (κ1) is 20.0. The summed E-state index contributed by atoms with van der Waals surface area (Å²) in [6.45, 7) is 6.12. The lowest BCUT2D eigenvalue weighted by atomic mass is 10.0. The molecule has 152 valence electrons. The Kier molecular flexibility index (Phi) is 5.77. The fourth-order valence-corrected chi connectivity index (χ4v) is 4.09. The standard InChI is InChI=1S/C24H23N3O2S/c1-4-20-22(16(3)19-7-5-6-8-21(19)27-20)23(28)29-13-18-14-30-24(26-18)25-17-11-9-15(2)10-12-17/h5-12,14H,4,13H2,1-3H3,(H,25,26). The number of anilines is 2. The average Bonchev–Trinajstić information content (AvgIpc) is 3.21. The van der Waals surface area contributed by atoms with Gasteiger partial charge in [0.05, 0.1) is 22.5 Å². The number of aromatic nitrogens is 2. The fourth-order valence-electron chi connectivity index (χ4n) is 3.37. The Morgan fingerprint density at radius 3 is 2.60 bits per heavy atom. The molecule has 0 saturated heterocycles. The Balaban J connectivity index is 1.48. The van der Waals surface area contributed by atoms with Crippen LogP contribution in [0.5, 0.6) is 0 Å². The minimum absolute atomic E-state index is 0.125. The quantitative estimate of drug-likeness (QED) is 0.392. The van der Waals surface area contributed by atoms with Crippen molar-refractivity contribution >= 4 is 39.0 Å². The van der Waals surface area contributed by atoms with E-state index in [1.54, 1.807) is 0 Å². The topological polar surface area (TPSA) is 64.1 Å². The summed E-state index contributed by atoms with van der Waals surface area (Å²) < 4.78 is 5.60. The van der Waals surface area contributed by atoms with Crippen molar-refractivity contribution in [1.29, 1.82) is 0 Å². The molecule has 0 saturated carbocycles. The van der Waals surface area contributed by atoms with E-state index in [9.17, 15) is 4.79 Å². The van der Waals surface area contributed by atoms with E-state index >= 15 is 0 Å². The van der Waals surface area contributed by atoms with Crippen LogP contribution in [0.3, 0.4) is 0 Å². The number of carbonyl (C=O) groups is 1. The van der Waals surface area contributed by atoms with Gasteiger partial charge in [-0.15, -0.1) is 11.3 Å². The number of thiazole rings is 1. The van der Waals surface area contributed by atoms with Gasteiger partial charge in [-0.25, -0.2) is 9.78 Å². The van der Waals surface area contributed by atoms with Crippen LogP contribution in [0.25, 0.3) is 10.9 Å². The van der Waals surface area contributed by atoms with Crippen LogP contribution in [0.15, 0.2) is 53.9 Å². The lowest BCUT2D eigenvalue weighted by Gasteiger charge is -2.13. The number of esters is 1. The van der Waals surface area contributed by atoms with Gasteiger partial charge >= 0.3 is 5.97 Å². The maximum Gasteiger partial charge on any atom is 0.340 e. The summed E-state index contributed by atoms with van der Waals surface area (Å²) in [5, 5.41) is 6.91. The molecule has 0 amide bonds. The summed E-state index contributed by atoms with van der Waals surface area (Å²) in [6.07, 6.45) is 0.664. The van der Waals surface area contributed by atoms with Crippen LogP contribution in [0.2, 0.25) is 0 Å². The summed E-state index contributed by atoms with van der Waals surface area (Å²) >= 11 is 1.48. The highest BCUT2D eigenvalue weighted by Gasteiger charge is 2.19. The van der Waals surface area contributed by atoms with Crippen molar-refractivity contribution in [3.8, 4) is 0 Å². The second-order valence-electron chi connectivity index (χ2n) is 7.14. The van der Waals surface area contributed by atoms with Gasteiger partial charge < -0.3 is 10.1 Å². The lowest BCUT2D eigenvalue weighted by molar-refractivity contribution is 0.0466. The smallest absolute Gasteiger partial charge is 0.340 e. The third-order valence-electron chi connectivity index (χ3n) is 4.97. The van der Waals surface area contributed by atoms with Crippen LogP contribution in [0.1, 0.15) is 39.8 Å². The molecule has 0 aliphatic rings. The molecule has 0 radical (unpaired) electrons. The highest BCUT2D eigenvalue weighted by Crippen LogP contribution is 2.25. The second-order valence-corrected chi connectivity index (χ2v) is 8.00. The van der Waals surface area contributed by atoms with E-state index < -0.39 is 0 Å². The Morgan fingerprint density at radius 2 is 1.83 bits per heavy atom. The van der Waals surface area contributed by atoms with Crippen LogP contribution in [0.4, 0.5) is 10.8 Å². The first-order valence-corrected chi connectivity index (χ1v) is 10.8. The van der Waals surface area contributed by atoms with Crippen LogP contribution < -0.4 is 5.32 Å². The Bertz CT molecular complexity index is 1200. The SMILES string of the molecule is CCc1nc2ccccc2c(C)c1C(=O)OCc1csc(Nc2ccc(C)cc2)n1. The van der Waals surface area contributed by atoms with Crippen LogP contribution in [0, 0.1) is 13.8 Å². The first-order chi connectivity index (χ1) is 14.5. The molecule has 6 heteroatoms. The number of ether oxygens (including phenoxy) is 1. The number of pyridine rings is 1. The largest absolute Gasteiger partial charge is 0.455 e. The molecule has 0 atom stereocenters. The van der Waals surface area contributed by atoms with Crippen LogP contribution in [-0.4, -0.2) is 15.9 Å². The fraction of sp³-hybridized carbons (Fsp3) is 0.208. The Morgan fingerprint density at radius 1 is 1.07 bits per heavy atom. The van der Waals surface area contributed by atoms with Crippen molar-refractivity contribution in [3.05, 3.63) is 82.0 Å². The zero-order valence-corrected chi connectivity index (χ0v) is 18.0. The van der Waals surface area contributed by atoms with Gasteiger partial charge in [-0.2, -0.15) is 0 Å². The lowest BCUT2D eigenvalue weighted by Crippen LogP contribution is -2.12. The molecule has 0 spiro atoms. The maximum absolute atomic E-state index is 12.9. The molecular weight excluding hydrogens is 394 g/mol. The molecule has 1 N–H and O–H groups in total. The molecular formula is C24H23N3O2S. The molecule has 2 heterocycles. The van der Waals surface area contributed by atoms with Gasteiger partial charge in [0.25, 0.3) is 0 Å². The van der Waals surface area contributed by atoms with Crippen LogP contribution in [-0.2, 0) is 17.8 Å². The number of aryl methyl sites for hydroxylation is 3. The molecule has 30 heavy (non-hydrogen) atoms. The summed E-state index contributed by atoms with van der Waals surface area (Å²) in [5.74, 6) is -0.358. The summed E-state index contributed by atoms with van der Waals surface area (Å²) in [4.78, 5) is 22.1. The number of benzene rings is 2. The Labute approximate surface area is 179 Å². The van der Waals surface area contributed by atoms with Crippen molar-refractivity contribution in [1.82, 2.24) is 9.97 Å². The van der Waals surface area contributed by atoms with E-state index in [0.717, 1.165) is 33.0 Å². The van der Waals surface area contributed by atoms with Crippen molar-refractivity contribution in [2.45, 2.75) is 33.8 Å². The van der Waals surface area contributed by atoms with E-state index in [-0.39, 0.29) is 12.6 Å². The van der Waals surface area contributed by atoms with Crippen molar-refractivity contribution < 1.29 is 9.53 Å². The van der Waals surface area contributed by atoms with Gasteiger partial charge in [-0.05, 0) is 44.0 Å². The van der Waals surface area contributed by atoms with Crippen LogP contribution >= 0.6 is 11.3 Å². The number of rotatable bonds is 6. The van der Waals surface area contributed by atoms with E-state index in [4.69, 9.17) is 4.74 Å². The highest BCUT2D eigenvalue weighted by molar-refractivity contribution is 7.13. The number of para-hydroxylation sites is 1. The minimum atomic E-state index is -0.358. The molecule has 4 aromatic rings. The molecule has 0 bridgehead atoms. The van der Waals surface area contributed by atoms with E-state index in [1.807, 2.05) is 67.8 Å². The zero-order chi connectivity index (χ0) is 21.1. The first-order valence-electron chi connectivity index (χ1n) is 9.88. The van der Waals surface area contributed by atoms with Crippen molar-refractivity contribution in [3.63, 3.8) is 0 Å². The number of hydrogen-bond donors (Lipinski definition) is 1. The second kappa shape index (κ2) is 8.63. The molecule has 5 nitrogen and oxygen atoms in total. The van der Waals surface area contributed by atoms with Gasteiger partial charge in [-0.1, -0.05) is 42.8 Å². The summed E-state index contributed by atoms with van der Waals surface area (Å²) in [6, 6.07) is 16.0. The third-order valence-corrected chi connectivity index (χ3v) is 5.78. The molecule has 4 rings (SSSR count). The molecule has 0 aliphatic carbocycles. The highest BCUT2D eigenvalue weighted by atomic mass is 32.1. The van der Waals surface area contributed by atoms with E-state index in [1.165, 1.54) is 16.9 Å². The number of nitrogens with one attached hydrogen (secondary N) is 1. The summed E-state index contributed by atoms with van der Waals surface area (Å²) in [7, 11) is 0. The summed E-state index contributed by atoms with van der Waals surface area (Å²) in [5.41, 5.74) is 6.02. The third kappa shape index (κ3) is 4.19. The molecule has 0 aliphatic heterocycles. The molecule has 0 unspecified atom stereocenters. The molecule has 2 aromatic heterocycles. The molecule has 2 aromatic carbocycles. The average molecular weight is 418 g/mol. The number of nitrogens with zero attached hydrogens (tertiary/aromatic N) is 2. The van der Waals surface area contributed by atoms with Gasteiger partial charge in [0.2, 0.25) is 0 Å². The van der Waals surface area contributed by atoms with Gasteiger partial charge in [0, 0.05) is 16.5 Å². The predicted octanol–water partition coefficient (Wildman–Crippen LogP) is 5.97. The van der Waals surface area contributed by atoms with E-state index in [2.05, 4.69) is 22.2 Å².